The van der Waals surface area contributed by atoms with E-state index < -0.39 is 0 Å². The molecule has 1 aromatic carbocycles. The molecular weight excluding hydrogens is 290 g/mol. The topological polar surface area (TPSA) is 29.9 Å². The van der Waals surface area contributed by atoms with Gasteiger partial charge in [-0.2, -0.15) is 0 Å². The SMILES string of the molecule is Cn1ccnc1CNC1CCc2cc(Br)ccc21. The Bertz CT molecular complexity index is 562. The number of benzene rings is 1. The van der Waals surface area contributed by atoms with Gasteiger partial charge in [0.15, 0.2) is 0 Å². The second-order valence-corrected chi connectivity index (χ2v) is 5.69. The highest BCUT2D eigenvalue weighted by Crippen LogP contribution is 2.32. The molecule has 1 unspecified atom stereocenters. The number of aromatic nitrogens is 2. The Hall–Kier alpha value is -1.13. The maximum Gasteiger partial charge on any atom is 0.122 e. The quantitative estimate of drug-likeness (QED) is 0.945. The third kappa shape index (κ3) is 2.22. The van der Waals surface area contributed by atoms with Crippen LogP contribution < -0.4 is 5.32 Å². The van der Waals surface area contributed by atoms with Crippen LogP contribution in [0.5, 0.6) is 0 Å². The molecule has 0 saturated heterocycles. The van der Waals surface area contributed by atoms with Crippen LogP contribution in [-0.4, -0.2) is 9.55 Å². The fourth-order valence-electron chi connectivity index (χ4n) is 2.58. The van der Waals surface area contributed by atoms with Crippen molar-refractivity contribution in [2.75, 3.05) is 0 Å². The van der Waals surface area contributed by atoms with E-state index in [1.807, 2.05) is 19.4 Å². The average Bonchev–Trinajstić information content (AvgIpc) is 2.93. The summed E-state index contributed by atoms with van der Waals surface area (Å²) in [7, 11) is 2.03. The minimum absolute atomic E-state index is 0.463. The molecule has 0 aliphatic heterocycles. The van der Waals surface area contributed by atoms with E-state index in [2.05, 4.69) is 49.0 Å². The summed E-state index contributed by atoms with van der Waals surface area (Å²) in [5, 5.41) is 3.60. The van der Waals surface area contributed by atoms with E-state index >= 15 is 0 Å². The van der Waals surface area contributed by atoms with Gasteiger partial charge < -0.3 is 9.88 Å². The molecule has 4 heteroatoms. The van der Waals surface area contributed by atoms with Gasteiger partial charge in [0.2, 0.25) is 0 Å². The summed E-state index contributed by atoms with van der Waals surface area (Å²) in [6, 6.07) is 7.05. The minimum atomic E-state index is 0.463. The van der Waals surface area contributed by atoms with Crippen molar-refractivity contribution in [3.05, 3.63) is 52.0 Å². The first-order valence-electron chi connectivity index (χ1n) is 6.22. The number of nitrogens with zero attached hydrogens (tertiary/aromatic N) is 2. The van der Waals surface area contributed by atoms with Gasteiger partial charge in [-0.25, -0.2) is 4.98 Å². The summed E-state index contributed by atoms with van der Waals surface area (Å²) in [5.41, 5.74) is 2.90. The van der Waals surface area contributed by atoms with Gasteiger partial charge in [-0.05, 0) is 36.1 Å². The first kappa shape index (κ1) is 11.9. The summed E-state index contributed by atoms with van der Waals surface area (Å²) in [4.78, 5) is 4.34. The van der Waals surface area contributed by atoms with E-state index in [1.165, 1.54) is 22.0 Å². The highest BCUT2D eigenvalue weighted by molar-refractivity contribution is 9.10. The summed E-state index contributed by atoms with van der Waals surface area (Å²) < 4.78 is 3.23. The molecule has 1 aliphatic rings. The second-order valence-electron chi connectivity index (χ2n) is 4.77. The maximum atomic E-state index is 4.34. The number of halogens is 1. The second kappa shape index (κ2) is 4.86. The van der Waals surface area contributed by atoms with E-state index in [0.29, 0.717) is 6.04 Å². The van der Waals surface area contributed by atoms with Gasteiger partial charge in [0.25, 0.3) is 0 Å². The van der Waals surface area contributed by atoms with E-state index in [9.17, 15) is 0 Å². The van der Waals surface area contributed by atoms with Gasteiger partial charge in [0, 0.05) is 30.0 Å². The van der Waals surface area contributed by atoms with Crippen LogP contribution in [0, 0.1) is 0 Å². The van der Waals surface area contributed by atoms with E-state index in [4.69, 9.17) is 0 Å². The van der Waals surface area contributed by atoms with E-state index in [1.54, 1.807) is 0 Å². The predicted octanol–water partition coefficient (Wildman–Crippen LogP) is 2.96. The van der Waals surface area contributed by atoms with Crippen molar-refractivity contribution in [3.8, 4) is 0 Å². The van der Waals surface area contributed by atoms with Crippen molar-refractivity contribution in [1.29, 1.82) is 0 Å². The molecule has 0 radical (unpaired) electrons. The summed E-state index contributed by atoms with van der Waals surface area (Å²) in [6.07, 6.45) is 6.16. The monoisotopic (exact) mass is 305 g/mol. The van der Waals surface area contributed by atoms with Crippen LogP contribution in [0.4, 0.5) is 0 Å². The zero-order valence-electron chi connectivity index (χ0n) is 10.4. The van der Waals surface area contributed by atoms with Crippen LogP contribution in [0.25, 0.3) is 0 Å². The molecule has 1 heterocycles. The molecular formula is C14H16BrN3. The first-order valence-corrected chi connectivity index (χ1v) is 7.01. The van der Waals surface area contributed by atoms with Gasteiger partial charge in [-0.1, -0.05) is 22.0 Å². The predicted molar refractivity (Wildman–Crippen MR) is 75.3 cm³/mol. The highest BCUT2D eigenvalue weighted by Gasteiger charge is 2.22. The molecule has 2 aromatic rings. The van der Waals surface area contributed by atoms with Gasteiger partial charge in [-0.15, -0.1) is 0 Å². The van der Waals surface area contributed by atoms with Crippen molar-refractivity contribution >= 4 is 15.9 Å². The van der Waals surface area contributed by atoms with Crippen molar-refractivity contribution in [2.45, 2.75) is 25.4 Å². The van der Waals surface area contributed by atoms with Gasteiger partial charge in [-0.3, -0.25) is 0 Å². The first-order chi connectivity index (χ1) is 8.74. The van der Waals surface area contributed by atoms with Gasteiger partial charge in [0.05, 0.1) is 6.54 Å². The number of hydrogen-bond donors (Lipinski definition) is 1. The Morgan fingerprint density at radius 1 is 1.50 bits per heavy atom. The lowest BCUT2D eigenvalue weighted by atomic mass is 10.1. The van der Waals surface area contributed by atoms with Gasteiger partial charge in [0.1, 0.15) is 5.82 Å². The molecule has 0 spiro atoms. The van der Waals surface area contributed by atoms with E-state index in [-0.39, 0.29) is 0 Å². The number of rotatable bonds is 3. The van der Waals surface area contributed by atoms with Crippen molar-refractivity contribution in [3.63, 3.8) is 0 Å². The van der Waals surface area contributed by atoms with Gasteiger partial charge >= 0.3 is 0 Å². The molecule has 18 heavy (non-hydrogen) atoms. The summed E-state index contributed by atoms with van der Waals surface area (Å²) >= 11 is 3.53. The molecule has 1 atom stereocenters. The Morgan fingerprint density at radius 3 is 3.17 bits per heavy atom. The average molecular weight is 306 g/mol. The smallest absolute Gasteiger partial charge is 0.122 e. The van der Waals surface area contributed by atoms with Crippen LogP contribution in [0.15, 0.2) is 35.1 Å². The molecule has 3 nitrogen and oxygen atoms in total. The third-order valence-corrected chi connectivity index (χ3v) is 4.10. The number of aryl methyl sites for hydroxylation is 2. The number of hydrogen-bond acceptors (Lipinski definition) is 2. The van der Waals surface area contributed by atoms with E-state index in [0.717, 1.165) is 18.8 Å². The highest BCUT2D eigenvalue weighted by atomic mass is 79.9. The number of fused-ring (bicyclic) bond motifs is 1. The van der Waals surface area contributed by atoms with Crippen LogP contribution >= 0.6 is 15.9 Å². The molecule has 1 aliphatic carbocycles. The summed E-state index contributed by atoms with van der Waals surface area (Å²) in [5.74, 6) is 1.08. The standard InChI is InChI=1S/C14H16BrN3/c1-18-7-6-16-14(18)9-17-13-5-2-10-8-11(15)3-4-12(10)13/h3-4,6-8,13,17H,2,5,9H2,1H3. The molecule has 0 amide bonds. The zero-order chi connectivity index (χ0) is 12.5. The fraction of sp³-hybridized carbons (Fsp3) is 0.357. The molecule has 0 saturated carbocycles. The van der Waals surface area contributed by atoms with Crippen LogP contribution in [0.2, 0.25) is 0 Å². The Kier molecular flexibility index (Phi) is 3.22. The number of nitrogens with one attached hydrogen (secondary N) is 1. The third-order valence-electron chi connectivity index (χ3n) is 3.61. The normalized spacial score (nSPS) is 18.0. The molecule has 0 bridgehead atoms. The summed E-state index contributed by atoms with van der Waals surface area (Å²) in [6.45, 7) is 0.823. The molecule has 94 valence electrons. The lowest BCUT2D eigenvalue weighted by Gasteiger charge is -2.14. The van der Waals surface area contributed by atoms with Crippen molar-refractivity contribution < 1.29 is 0 Å². The molecule has 1 N–H and O–H groups in total. The number of imidazole rings is 1. The maximum absolute atomic E-state index is 4.34. The lowest BCUT2D eigenvalue weighted by molar-refractivity contribution is 0.512. The molecule has 3 rings (SSSR count). The van der Waals surface area contributed by atoms with Crippen molar-refractivity contribution in [2.24, 2.45) is 7.05 Å². The lowest BCUT2D eigenvalue weighted by Crippen LogP contribution is -2.20. The van der Waals surface area contributed by atoms with Crippen LogP contribution in [-0.2, 0) is 20.0 Å². The molecule has 1 aromatic heterocycles. The minimum Gasteiger partial charge on any atom is -0.337 e. The Balaban J connectivity index is 1.71. The zero-order valence-corrected chi connectivity index (χ0v) is 11.9. The van der Waals surface area contributed by atoms with Crippen LogP contribution in [0.1, 0.15) is 29.4 Å². The largest absolute Gasteiger partial charge is 0.337 e. The van der Waals surface area contributed by atoms with Crippen LogP contribution in [0.3, 0.4) is 0 Å². The Morgan fingerprint density at radius 2 is 2.39 bits per heavy atom. The Labute approximate surface area is 115 Å². The molecule has 0 fully saturated rings. The fourth-order valence-corrected chi connectivity index (χ4v) is 2.99. The van der Waals surface area contributed by atoms with Crippen molar-refractivity contribution in [1.82, 2.24) is 14.9 Å².